The van der Waals surface area contributed by atoms with Crippen LogP contribution in [-0.2, 0) is 10.8 Å². The molecule has 0 saturated heterocycles. The maximum atomic E-state index is 2.56. The van der Waals surface area contributed by atoms with E-state index in [9.17, 15) is 0 Å². The molecule has 102 heavy (non-hydrogen) atoms. The van der Waals surface area contributed by atoms with Crippen LogP contribution >= 0.6 is 22.7 Å². The van der Waals surface area contributed by atoms with Gasteiger partial charge in [-0.1, -0.05) is 291 Å². The van der Waals surface area contributed by atoms with E-state index >= 15 is 0 Å². The molecule has 2 heterocycles. The van der Waals surface area contributed by atoms with E-state index in [2.05, 4.69) is 374 Å². The Morgan fingerprint density at radius 3 is 1.21 bits per heavy atom. The predicted octanol–water partition coefficient (Wildman–Crippen LogP) is 27.1. The minimum absolute atomic E-state index is 0.442. The van der Waals surface area contributed by atoms with Crippen molar-refractivity contribution in [3.63, 3.8) is 0 Å². The summed E-state index contributed by atoms with van der Waals surface area (Å²) in [6.07, 6.45) is 0. The molecule has 0 fully saturated rings. The zero-order valence-corrected chi connectivity index (χ0v) is 57.0. The summed E-state index contributed by atoms with van der Waals surface area (Å²) in [7, 11) is 0. The Hall–Kier alpha value is -12.4. The van der Waals surface area contributed by atoms with Crippen molar-refractivity contribution < 1.29 is 0 Å². The van der Waals surface area contributed by atoms with Crippen molar-refractivity contribution in [3.8, 4) is 77.9 Å². The highest BCUT2D eigenvalue weighted by Crippen LogP contribution is 2.68. The van der Waals surface area contributed by atoms with Gasteiger partial charge in [-0.2, -0.15) is 0 Å². The quantitative estimate of drug-likeness (QED) is 0.142. The molecule has 22 rings (SSSR count). The van der Waals surface area contributed by atoms with Crippen molar-refractivity contribution in [2.45, 2.75) is 10.8 Å². The number of hydrogen-bond acceptors (Lipinski definition) is 4. The SMILES string of the molecule is c1ccc(-c2ccccc2N(c2ccc3c(c2)-c2ccccc2C32c3ccccc3-c3ccccc32)c2ccc3sc4c(-c5cccc6c5-c5ccccc5C65c6ccccc6-c6c(N(c7ccc8sc9ccccc9c8c7)c7ccccc7-c7ccccc7)cccc65)cccc4c3c2)cc1. The molecule has 0 radical (unpaired) electrons. The number of para-hydroxylation sites is 2. The fraction of sp³-hybridized carbons (Fsp3) is 0.0204. The molecule has 2 nitrogen and oxygen atoms in total. The lowest BCUT2D eigenvalue weighted by molar-refractivity contribution is 0.794. The molecule has 16 aromatic carbocycles. The maximum Gasteiger partial charge on any atom is 0.0726 e. The standard InChI is InChI=1S/C98H60N2S2/c1-3-26-61(27-4-1)66-30-12-20-48-88(66)99(63-52-55-85-77(58-63)70-34-9-17-43-82(70)97(85)80-41-15-7-32-68(80)69-33-8-16-42-81(69)97)64-53-57-93-79(59-64)74-40-23-39-73(96(74)102-93)72-38-24-46-86-94(72)75-36-10-18-44-83(75)98(86)84-45-19-11-37-76(84)95-87(98)47-25-50-90(95)100(89-49-21-13-31-67(89)62-28-5-2-6-29-62)65-54-56-92-78(60-65)71-35-14-22-51-91(71)101-92/h1-60H. The van der Waals surface area contributed by atoms with E-state index < -0.39 is 10.8 Å². The molecule has 0 N–H and O–H groups in total. The third-order valence-corrected chi connectivity index (χ3v) is 25.1. The molecule has 1 unspecified atom stereocenters. The summed E-state index contributed by atoms with van der Waals surface area (Å²) in [6, 6.07) is 138. The molecule has 0 amide bonds. The van der Waals surface area contributed by atoms with Gasteiger partial charge in [-0.05, 0) is 173 Å². The molecule has 1 atom stereocenters. The third-order valence-electron chi connectivity index (χ3n) is 22.7. The van der Waals surface area contributed by atoms with Crippen molar-refractivity contribution >= 4 is 97.1 Å². The van der Waals surface area contributed by atoms with Crippen LogP contribution in [0.25, 0.3) is 118 Å². The van der Waals surface area contributed by atoms with Gasteiger partial charge in [-0.3, -0.25) is 0 Å². The molecule has 0 bridgehead atoms. The van der Waals surface area contributed by atoms with Gasteiger partial charge in [0.2, 0.25) is 0 Å². The zero-order valence-electron chi connectivity index (χ0n) is 55.4. The van der Waals surface area contributed by atoms with Gasteiger partial charge in [-0.25, -0.2) is 0 Å². The first-order valence-electron chi connectivity index (χ1n) is 35.3. The normalized spacial score (nSPS) is 14.4. The van der Waals surface area contributed by atoms with E-state index in [1.165, 1.54) is 163 Å². The van der Waals surface area contributed by atoms with Crippen molar-refractivity contribution in [2.75, 3.05) is 9.80 Å². The summed E-state index contributed by atoms with van der Waals surface area (Å²) < 4.78 is 5.11. The number of benzene rings is 16. The molecule has 0 aliphatic heterocycles. The fourth-order valence-corrected chi connectivity index (χ4v) is 21.0. The maximum absolute atomic E-state index is 2.56. The van der Waals surface area contributed by atoms with Crippen LogP contribution in [0.1, 0.15) is 44.5 Å². The molecule has 4 heteroatoms. The summed E-state index contributed by atoms with van der Waals surface area (Å²) in [5, 5.41) is 5.04. The molecule has 4 aliphatic carbocycles. The Balaban J connectivity index is 0.725. The van der Waals surface area contributed by atoms with E-state index in [1.54, 1.807) is 0 Å². The highest BCUT2D eigenvalue weighted by Gasteiger charge is 2.54. The highest BCUT2D eigenvalue weighted by atomic mass is 32.1. The summed E-state index contributed by atoms with van der Waals surface area (Å²) in [5.41, 5.74) is 33.6. The topological polar surface area (TPSA) is 6.48 Å². The van der Waals surface area contributed by atoms with Crippen LogP contribution in [0.5, 0.6) is 0 Å². The minimum atomic E-state index is -0.628. The highest BCUT2D eigenvalue weighted by molar-refractivity contribution is 7.26. The smallest absolute Gasteiger partial charge is 0.0726 e. The largest absolute Gasteiger partial charge is 0.310 e. The fourth-order valence-electron chi connectivity index (χ4n) is 18.7. The number of fused-ring (bicyclic) bond motifs is 26. The molecule has 474 valence electrons. The minimum Gasteiger partial charge on any atom is -0.310 e. The van der Waals surface area contributed by atoms with E-state index in [4.69, 9.17) is 0 Å². The zero-order chi connectivity index (χ0) is 66.8. The molecule has 0 saturated carbocycles. The van der Waals surface area contributed by atoms with Gasteiger partial charge in [0.15, 0.2) is 0 Å². The Labute approximate surface area is 599 Å². The number of thiophene rings is 2. The third kappa shape index (κ3) is 7.88. The average molecular weight is 1330 g/mol. The van der Waals surface area contributed by atoms with Gasteiger partial charge in [0.1, 0.15) is 0 Å². The lowest BCUT2D eigenvalue weighted by Crippen LogP contribution is -2.26. The van der Waals surface area contributed by atoms with Gasteiger partial charge in [0.05, 0.1) is 27.9 Å². The second kappa shape index (κ2) is 22.0. The molecule has 18 aromatic rings. The average Bonchev–Trinajstić information content (AvgIpc) is 1.54. The first-order chi connectivity index (χ1) is 50.6. The van der Waals surface area contributed by atoms with Crippen molar-refractivity contribution in [1.29, 1.82) is 0 Å². The second-order valence-corrected chi connectivity index (χ2v) is 29.7. The number of hydrogen-bond donors (Lipinski definition) is 0. The molecular formula is C98H60N2S2. The summed E-state index contributed by atoms with van der Waals surface area (Å²) in [6.45, 7) is 0. The van der Waals surface area contributed by atoms with Gasteiger partial charge in [0, 0.05) is 79.7 Å². The lowest BCUT2D eigenvalue weighted by atomic mass is 9.70. The van der Waals surface area contributed by atoms with E-state index in [0.29, 0.717) is 0 Å². The van der Waals surface area contributed by atoms with Crippen molar-refractivity contribution in [3.05, 3.63) is 408 Å². The summed E-state index contributed by atoms with van der Waals surface area (Å²) in [5.74, 6) is 0. The predicted molar refractivity (Wildman–Crippen MR) is 430 cm³/mol. The van der Waals surface area contributed by atoms with E-state index in [0.717, 1.165) is 34.1 Å². The summed E-state index contributed by atoms with van der Waals surface area (Å²) in [4.78, 5) is 5.08. The van der Waals surface area contributed by atoms with Crippen LogP contribution in [-0.4, -0.2) is 0 Å². The van der Waals surface area contributed by atoms with Crippen LogP contribution in [0.15, 0.2) is 364 Å². The molecular weight excluding hydrogens is 1270 g/mol. The number of anilines is 6. The Kier molecular flexibility index (Phi) is 12.4. The van der Waals surface area contributed by atoms with Crippen LogP contribution < -0.4 is 9.80 Å². The Morgan fingerprint density at radius 2 is 0.569 bits per heavy atom. The van der Waals surface area contributed by atoms with E-state index in [-0.39, 0.29) is 0 Å². The van der Waals surface area contributed by atoms with Crippen molar-refractivity contribution in [1.82, 2.24) is 0 Å². The molecule has 2 spiro atoms. The van der Waals surface area contributed by atoms with Crippen LogP contribution in [0.4, 0.5) is 34.1 Å². The van der Waals surface area contributed by atoms with Crippen molar-refractivity contribution in [2.24, 2.45) is 0 Å². The number of nitrogens with zero attached hydrogens (tertiary/aromatic N) is 2. The Bertz CT molecular complexity index is 6510. The monoisotopic (exact) mass is 1330 g/mol. The van der Waals surface area contributed by atoms with Gasteiger partial charge < -0.3 is 9.80 Å². The second-order valence-electron chi connectivity index (χ2n) is 27.6. The van der Waals surface area contributed by atoms with Gasteiger partial charge in [0.25, 0.3) is 0 Å². The van der Waals surface area contributed by atoms with Crippen LogP contribution in [0.2, 0.25) is 0 Å². The van der Waals surface area contributed by atoms with E-state index in [1.807, 2.05) is 22.7 Å². The van der Waals surface area contributed by atoms with Gasteiger partial charge >= 0.3 is 0 Å². The van der Waals surface area contributed by atoms with Gasteiger partial charge in [-0.15, -0.1) is 22.7 Å². The molecule has 4 aliphatic rings. The summed E-state index contributed by atoms with van der Waals surface area (Å²) >= 11 is 3.78. The first kappa shape index (κ1) is 57.5. The van der Waals surface area contributed by atoms with Crippen LogP contribution in [0, 0.1) is 0 Å². The first-order valence-corrected chi connectivity index (χ1v) is 36.9. The van der Waals surface area contributed by atoms with Crippen LogP contribution in [0.3, 0.4) is 0 Å². The molecule has 2 aromatic heterocycles. The lowest BCUT2D eigenvalue weighted by Gasteiger charge is -2.32. The Morgan fingerprint density at radius 1 is 0.196 bits per heavy atom. The number of rotatable bonds is 9.